The third-order valence-corrected chi connectivity index (χ3v) is 5.06. The first-order valence-electron chi connectivity index (χ1n) is 9.42. The van der Waals surface area contributed by atoms with Crippen LogP contribution in [-0.2, 0) is 0 Å². The van der Waals surface area contributed by atoms with Gasteiger partial charge in [0.05, 0.1) is 11.1 Å². The highest BCUT2D eigenvalue weighted by molar-refractivity contribution is 6.31. The zero-order chi connectivity index (χ0) is 22.2. The Hall–Kier alpha value is -4.23. The summed E-state index contributed by atoms with van der Waals surface area (Å²) in [5.74, 6) is -0.408. The first kappa shape index (κ1) is 19.7. The van der Waals surface area contributed by atoms with Crippen LogP contribution in [0.3, 0.4) is 0 Å². The van der Waals surface area contributed by atoms with Crippen molar-refractivity contribution in [3.05, 3.63) is 104 Å². The normalized spacial score (nSPS) is 11.0. The molecule has 8 heteroatoms. The number of benzene rings is 2. The number of halogens is 1. The molecule has 5 aromatic rings. The summed E-state index contributed by atoms with van der Waals surface area (Å²) >= 11 is 6.05. The van der Waals surface area contributed by atoms with Gasteiger partial charge in [-0.05, 0) is 48.5 Å². The van der Waals surface area contributed by atoms with Gasteiger partial charge >= 0.3 is 17.2 Å². The lowest BCUT2D eigenvalue weighted by molar-refractivity contribution is 0.0735. The highest BCUT2D eigenvalue weighted by Gasteiger charge is 2.16. The minimum Gasteiger partial charge on any atom is -0.423 e. The van der Waals surface area contributed by atoms with Gasteiger partial charge in [0.25, 0.3) is 0 Å². The van der Waals surface area contributed by atoms with Crippen molar-refractivity contribution < 1.29 is 18.4 Å². The number of hydrogen-bond acceptors (Lipinski definition) is 7. The molecule has 0 aliphatic heterocycles. The number of nitrogens with zero attached hydrogens (tertiary/aromatic N) is 1. The van der Waals surface area contributed by atoms with E-state index in [-0.39, 0.29) is 16.9 Å². The van der Waals surface area contributed by atoms with Crippen molar-refractivity contribution in [1.82, 2.24) is 4.98 Å². The van der Waals surface area contributed by atoms with Gasteiger partial charge in [-0.1, -0.05) is 11.6 Å². The highest BCUT2D eigenvalue weighted by atomic mass is 35.5. The van der Waals surface area contributed by atoms with E-state index >= 15 is 0 Å². The van der Waals surface area contributed by atoms with Gasteiger partial charge in [-0.15, -0.1) is 0 Å². The standard InChI is InChI=1S/C24H12ClNO6/c25-15-1-4-20-14(9-15)10-19(24(29)32-20)18-12-22(27)31-21-11-16(2-3-17(18)21)30-23(28)13-5-7-26-8-6-13/h1-12H. The minimum absolute atomic E-state index is 0.151. The maximum absolute atomic E-state index is 12.6. The molecule has 0 saturated heterocycles. The topological polar surface area (TPSA) is 99.6 Å². The smallest absolute Gasteiger partial charge is 0.344 e. The summed E-state index contributed by atoms with van der Waals surface area (Å²) < 4.78 is 16.0. The van der Waals surface area contributed by atoms with E-state index in [1.54, 1.807) is 36.4 Å². The van der Waals surface area contributed by atoms with Gasteiger partial charge in [-0.2, -0.15) is 0 Å². The van der Waals surface area contributed by atoms with Crippen LogP contribution in [0.1, 0.15) is 10.4 Å². The third kappa shape index (κ3) is 3.66. The van der Waals surface area contributed by atoms with Crippen LogP contribution in [-0.4, -0.2) is 11.0 Å². The van der Waals surface area contributed by atoms with Gasteiger partial charge in [-0.3, -0.25) is 4.98 Å². The molecule has 0 fully saturated rings. The molecular formula is C24H12ClNO6. The second kappa shape index (κ2) is 7.79. The van der Waals surface area contributed by atoms with Crippen molar-refractivity contribution in [2.75, 3.05) is 0 Å². The van der Waals surface area contributed by atoms with Crippen LogP contribution in [0.5, 0.6) is 5.75 Å². The molecule has 0 atom stereocenters. The van der Waals surface area contributed by atoms with E-state index in [4.69, 9.17) is 25.2 Å². The van der Waals surface area contributed by atoms with Crippen molar-refractivity contribution >= 4 is 39.5 Å². The summed E-state index contributed by atoms with van der Waals surface area (Å²) in [4.78, 5) is 41.0. The van der Waals surface area contributed by atoms with E-state index in [0.717, 1.165) is 0 Å². The van der Waals surface area contributed by atoms with Gasteiger partial charge in [0, 0.05) is 45.9 Å². The zero-order valence-electron chi connectivity index (χ0n) is 16.2. The lowest BCUT2D eigenvalue weighted by atomic mass is 10.0. The van der Waals surface area contributed by atoms with E-state index in [9.17, 15) is 14.4 Å². The SMILES string of the molecule is O=C(Oc1ccc2c(-c3cc4cc(Cl)ccc4oc3=O)cc(=O)oc2c1)c1ccncc1. The first-order chi connectivity index (χ1) is 15.5. The second-order valence-corrected chi connectivity index (χ2v) is 7.33. The Balaban J connectivity index is 1.62. The maximum atomic E-state index is 12.6. The molecule has 32 heavy (non-hydrogen) atoms. The summed E-state index contributed by atoms with van der Waals surface area (Å²) in [6.45, 7) is 0. The summed E-state index contributed by atoms with van der Waals surface area (Å²) in [7, 11) is 0. The number of hydrogen-bond donors (Lipinski definition) is 0. The molecule has 0 bridgehead atoms. The Morgan fingerprint density at radius 2 is 1.66 bits per heavy atom. The zero-order valence-corrected chi connectivity index (χ0v) is 17.0. The van der Waals surface area contributed by atoms with Gasteiger partial charge in [-0.25, -0.2) is 14.4 Å². The van der Waals surface area contributed by atoms with Crippen molar-refractivity contribution in [2.45, 2.75) is 0 Å². The fraction of sp³-hybridized carbons (Fsp3) is 0. The number of carbonyl (C=O) groups is 1. The van der Waals surface area contributed by atoms with Gasteiger partial charge in [0.1, 0.15) is 16.9 Å². The van der Waals surface area contributed by atoms with Crippen LogP contribution in [0, 0.1) is 0 Å². The van der Waals surface area contributed by atoms with Crippen LogP contribution >= 0.6 is 11.6 Å². The monoisotopic (exact) mass is 445 g/mol. The van der Waals surface area contributed by atoms with Crippen LogP contribution in [0.2, 0.25) is 5.02 Å². The Labute approximate surface area is 184 Å². The predicted molar refractivity (Wildman–Crippen MR) is 118 cm³/mol. The van der Waals surface area contributed by atoms with E-state index in [2.05, 4.69) is 4.98 Å². The number of ether oxygens (including phenoxy) is 1. The predicted octanol–water partition coefficient (Wildman–Crippen LogP) is 4.83. The summed E-state index contributed by atoms with van der Waals surface area (Å²) in [6.07, 6.45) is 2.95. The molecule has 0 aliphatic rings. The van der Waals surface area contributed by atoms with E-state index in [1.165, 1.54) is 36.7 Å². The average Bonchev–Trinajstić information content (AvgIpc) is 2.78. The fourth-order valence-electron chi connectivity index (χ4n) is 3.37. The molecule has 0 amide bonds. The van der Waals surface area contributed by atoms with Crippen LogP contribution < -0.4 is 16.0 Å². The molecule has 0 aliphatic carbocycles. The Morgan fingerprint density at radius 3 is 2.47 bits per heavy atom. The van der Waals surface area contributed by atoms with E-state index < -0.39 is 17.2 Å². The van der Waals surface area contributed by atoms with Gasteiger partial charge in [0.2, 0.25) is 0 Å². The maximum Gasteiger partial charge on any atom is 0.344 e. The molecule has 7 nitrogen and oxygen atoms in total. The largest absolute Gasteiger partial charge is 0.423 e. The molecule has 156 valence electrons. The van der Waals surface area contributed by atoms with Crippen LogP contribution in [0.15, 0.2) is 91.5 Å². The molecule has 0 unspecified atom stereocenters. The summed E-state index contributed by atoms with van der Waals surface area (Å²) in [5, 5.41) is 1.56. The minimum atomic E-state index is -0.671. The molecule has 0 N–H and O–H groups in total. The molecule has 0 spiro atoms. The quantitative estimate of drug-likeness (QED) is 0.222. The molecule has 3 aromatic heterocycles. The lowest BCUT2D eigenvalue weighted by Crippen LogP contribution is -2.09. The van der Waals surface area contributed by atoms with E-state index in [1.807, 2.05) is 0 Å². The first-order valence-corrected chi connectivity index (χ1v) is 9.80. The Bertz CT molecular complexity index is 1620. The van der Waals surface area contributed by atoms with Crippen LogP contribution in [0.4, 0.5) is 0 Å². The second-order valence-electron chi connectivity index (χ2n) is 6.89. The number of fused-ring (bicyclic) bond motifs is 2. The lowest BCUT2D eigenvalue weighted by Gasteiger charge is -2.08. The summed E-state index contributed by atoms with van der Waals surface area (Å²) in [6, 6.07) is 15.3. The fourth-order valence-corrected chi connectivity index (χ4v) is 3.55. The Kier molecular flexibility index (Phi) is 4.80. The van der Waals surface area contributed by atoms with Crippen molar-refractivity contribution in [1.29, 1.82) is 0 Å². The van der Waals surface area contributed by atoms with Gasteiger partial charge < -0.3 is 13.6 Å². The molecule has 5 rings (SSSR count). The molecule has 0 saturated carbocycles. The van der Waals surface area contributed by atoms with Crippen molar-refractivity contribution in [3.63, 3.8) is 0 Å². The number of carbonyl (C=O) groups excluding carboxylic acids is 1. The Morgan fingerprint density at radius 1 is 0.844 bits per heavy atom. The molecular weight excluding hydrogens is 434 g/mol. The molecule has 0 radical (unpaired) electrons. The average molecular weight is 446 g/mol. The number of rotatable bonds is 3. The number of pyridine rings is 1. The molecule has 3 heterocycles. The van der Waals surface area contributed by atoms with Crippen molar-refractivity contribution in [2.24, 2.45) is 0 Å². The van der Waals surface area contributed by atoms with Crippen LogP contribution in [0.25, 0.3) is 33.1 Å². The highest BCUT2D eigenvalue weighted by Crippen LogP contribution is 2.30. The van der Waals surface area contributed by atoms with Crippen molar-refractivity contribution in [3.8, 4) is 16.9 Å². The molecule has 2 aromatic carbocycles. The number of aromatic nitrogens is 1. The number of esters is 1. The van der Waals surface area contributed by atoms with E-state index in [0.29, 0.717) is 32.5 Å². The summed E-state index contributed by atoms with van der Waals surface area (Å²) in [5.41, 5.74) is 0.0790. The third-order valence-electron chi connectivity index (χ3n) is 4.83. The van der Waals surface area contributed by atoms with Gasteiger partial charge in [0.15, 0.2) is 0 Å².